The van der Waals surface area contributed by atoms with Crippen LogP contribution in [-0.2, 0) is 12.8 Å². The Kier molecular flexibility index (Phi) is 3.66. The first kappa shape index (κ1) is 14.4. The third-order valence-corrected chi connectivity index (χ3v) is 5.14. The highest BCUT2D eigenvalue weighted by atomic mass is 15.1. The van der Waals surface area contributed by atoms with Crippen LogP contribution in [0.3, 0.4) is 0 Å². The molecule has 0 fully saturated rings. The van der Waals surface area contributed by atoms with Gasteiger partial charge in [-0.15, -0.1) is 0 Å². The molecule has 1 heterocycles. The molecule has 2 aromatic rings. The fourth-order valence-electron chi connectivity index (χ4n) is 3.77. The van der Waals surface area contributed by atoms with Gasteiger partial charge in [0.1, 0.15) is 0 Å². The third-order valence-electron chi connectivity index (χ3n) is 5.14. The van der Waals surface area contributed by atoms with Crippen molar-refractivity contribution in [2.45, 2.75) is 46.1 Å². The zero-order valence-corrected chi connectivity index (χ0v) is 13.9. The molecule has 0 bridgehead atoms. The summed E-state index contributed by atoms with van der Waals surface area (Å²) in [4.78, 5) is 5.87. The van der Waals surface area contributed by atoms with Gasteiger partial charge in [-0.1, -0.05) is 18.2 Å². The molecule has 0 amide bonds. The highest BCUT2D eigenvalue weighted by molar-refractivity contribution is 5.75. The molecule has 112 valence electrons. The number of nitrogens with one attached hydrogen (secondary N) is 1. The van der Waals surface area contributed by atoms with E-state index >= 15 is 0 Å². The normalized spacial score (nSPS) is 18.1. The van der Waals surface area contributed by atoms with Crippen LogP contribution in [-0.4, -0.2) is 30.0 Å². The van der Waals surface area contributed by atoms with E-state index in [0.717, 1.165) is 0 Å². The number of benzene rings is 1. The van der Waals surface area contributed by atoms with Gasteiger partial charge in [0.05, 0.1) is 0 Å². The molecule has 1 aromatic carbocycles. The maximum absolute atomic E-state index is 3.50. The zero-order chi connectivity index (χ0) is 15.1. The van der Waals surface area contributed by atoms with Crippen LogP contribution in [0.4, 0.5) is 0 Å². The van der Waals surface area contributed by atoms with Gasteiger partial charge in [-0.05, 0) is 76.4 Å². The van der Waals surface area contributed by atoms with E-state index in [9.17, 15) is 0 Å². The van der Waals surface area contributed by atoms with Crippen LogP contribution >= 0.6 is 0 Å². The summed E-state index contributed by atoms with van der Waals surface area (Å²) in [5, 5.41) is 0. The first-order valence-electron chi connectivity index (χ1n) is 7.92. The number of aromatic nitrogens is 1. The topological polar surface area (TPSA) is 19.0 Å². The fourth-order valence-corrected chi connectivity index (χ4v) is 3.77. The molecule has 1 aliphatic rings. The first-order valence-corrected chi connectivity index (χ1v) is 7.92. The summed E-state index contributed by atoms with van der Waals surface area (Å²) in [6, 6.07) is 7.53. The molecule has 1 atom stereocenters. The summed E-state index contributed by atoms with van der Waals surface area (Å²) < 4.78 is 0. The van der Waals surface area contributed by atoms with E-state index in [1.807, 2.05) is 0 Å². The number of aromatic amines is 1. The van der Waals surface area contributed by atoms with E-state index < -0.39 is 0 Å². The molecular weight excluding hydrogens is 256 g/mol. The SMILES string of the molecule is Cc1[nH]c(C)c(-c2cccc3c2CCC(N(C)C)C3)c1C. The van der Waals surface area contributed by atoms with Crippen LogP contribution in [0.15, 0.2) is 18.2 Å². The van der Waals surface area contributed by atoms with Crippen molar-refractivity contribution >= 4 is 0 Å². The van der Waals surface area contributed by atoms with Gasteiger partial charge in [0, 0.05) is 23.0 Å². The van der Waals surface area contributed by atoms with E-state index in [2.05, 4.69) is 62.9 Å². The van der Waals surface area contributed by atoms with Gasteiger partial charge in [0.15, 0.2) is 0 Å². The summed E-state index contributed by atoms with van der Waals surface area (Å²) in [5.41, 5.74) is 9.97. The number of aryl methyl sites for hydroxylation is 2. The molecule has 0 aliphatic heterocycles. The lowest BCUT2D eigenvalue weighted by atomic mass is 9.82. The van der Waals surface area contributed by atoms with Crippen molar-refractivity contribution in [2.24, 2.45) is 0 Å². The second kappa shape index (κ2) is 5.34. The van der Waals surface area contributed by atoms with Crippen LogP contribution in [0.25, 0.3) is 11.1 Å². The first-order chi connectivity index (χ1) is 9.99. The van der Waals surface area contributed by atoms with Crippen molar-refractivity contribution in [1.29, 1.82) is 0 Å². The number of rotatable bonds is 2. The van der Waals surface area contributed by atoms with Crippen molar-refractivity contribution in [2.75, 3.05) is 14.1 Å². The van der Waals surface area contributed by atoms with Crippen LogP contribution in [0, 0.1) is 20.8 Å². The van der Waals surface area contributed by atoms with Gasteiger partial charge < -0.3 is 9.88 Å². The van der Waals surface area contributed by atoms with E-state index in [1.165, 1.54) is 52.9 Å². The number of H-pyrrole nitrogens is 1. The van der Waals surface area contributed by atoms with E-state index in [0.29, 0.717) is 6.04 Å². The van der Waals surface area contributed by atoms with Crippen LogP contribution < -0.4 is 0 Å². The van der Waals surface area contributed by atoms with Crippen molar-refractivity contribution in [3.05, 3.63) is 46.3 Å². The molecule has 2 nitrogen and oxygen atoms in total. The van der Waals surface area contributed by atoms with Gasteiger partial charge >= 0.3 is 0 Å². The summed E-state index contributed by atoms with van der Waals surface area (Å²) in [5.74, 6) is 0. The van der Waals surface area contributed by atoms with Crippen LogP contribution in [0.5, 0.6) is 0 Å². The predicted octanol–water partition coefficient (Wildman–Crippen LogP) is 4.03. The lowest BCUT2D eigenvalue weighted by molar-refractivity contribution is 0.268. The van der Waals surface area contributed by atoms with Gasteiger partial charge in [-0.2, -0.15) is 0 Å². The zero-order valence-electron chi connectivity index (χ0n) is 13.9. The maximum Gasteiger partial charge on any atom is 0.0200 e. The molecule has 1 unspecified atom stereocenters. The maximum atomic E-state index is 3.50. The minimum Gasteiger partial charge on any atom is -0.362 e. The van der Waals surface area contributed by atoms with E-state index in [1.54, 1.807) is 5.56 Å². The molecule has 1 N–H and O–H groups in total. The molecule has 1 aliphatic carbocycles. The molecule has 0 radical (unpaired) electrons. The van der Waals surface area contributed by atoms with Crippen molar-refractivity contribution in [3.8, 4) is 11.1 Å². The number of likely N-dealkylation sites (N-methyl/N-ethyl adjacent to an activating group) is 1. The monoisotopic (exact) mass is 282 g/mol. The Balaban J connectivity index is 2.09. The number of hydrogen-bond acceptors (Lipinski definition) is 1. The van der Waals surface area contributed by atoms with Crippen LogP contribution in [0.2, 0.25) is 0 Å². The quantitative estimate of drug-likeness (QED) is 0.881. The predicted molar refractivity (Wildman–Crippen MR) is 89.9 cm³/mol. The minimum absolute atomic E-state index is 0.683. The molecule has 3 rings (SSSR count). The Morgan fingerprint density at radius 3 is 2.48 bits per heavy atom. The largest absolute Gasteiger partial charge is 0.362 e. The van der Waals surface area contributed by atoms with Gasteiger partial charge in [0.25, 0.3) is 0 Å². The highest BCUT2D eigenvalue weighted by Crippen LogP contribution is 2.36. The summed E-state index contributed by atoms with van der Waals surface area (Å²) >= 11 is 0. The Hall–Kier alpha value is -1.54. The van der Waals surface area contributed by atoms with Gasteiger partial charge in [-0.25, -0.2) is 0 Å². The van der Waals surface area contributed by atoms with Gasteiger partial charge in [-0.3, -0.25) is 0 Å². The Morgan fingerprint density at radius 2 is 1.86 bits per heavy atom. The summed E-state index contributed by atoms with van der Waals surface area (Å²) in [6.07, 6.45) is 3.63. The average Bonchev–Trinajstić information content (AvgIpc) is 2.71. The minimum atomic E-state index is 0.683. The molecule has 0 saturated heterocycles. The van der Waals surface area contributed by atoms with Crippen LogP contribution in [0.1, 0.15) is 34.5 Å². The van der Waals surface area contributed by atoms with Gasteiger partial charge in [0.2, 0.25) is 0 Å². The Morgan fingerprint density at radius 1 is 1.10 bits per heavy atom. The molecule has 1 aromatic heterocycles. The molecule has 0 saturated carbocycles. The Bertz CT molecular complexity index is 664. The smallest absolute Gasteiger partial charge is 0.0200 e. The number of hydrogen-bond donors (Lipinski definition) is 1. The van der Waals surface area contributed by atoms with E-state index in [-0.39, 0.29) is 0 Å². The van der Waals surface area contributed by atoms with Crippen molar-refractivity contribution in [1.82, 2.24) is 9.88 Å². The standard InChI is InChI=1S/C19H26N2/c1-12-13(2)20-14(3)19(12)18-8-6-7-15-11-16(21(4)5)9-10-17(15)18/h6-8,16,20H,9-11H2,1-5H3. The second-order valence-electron chi connectivity index (χ2n) is 6.68. The summed E-state index contributed by atoms with van der Waals surface area (Å²) in [7, 11) is 4.40. The molecule has 2 heteroatoms. The lowest BCUT2D eigenvalue weighted by Crippen LogP contribution is -2.33. The Labute approximate surface area is 128 Å². The second-order valence-corrected chi connectivity index (χ2v) is 6.68. The van der Waals surface area contributed by atoms with Crippen molar-refractivity contribution in [3.63, 3.8) is 0 Å². The number of nitrogens with zero attached hydrogens (tertiary/aromatic N) is 1. The van der Waals surface area contributed by atoms with E-state index in [4.69, 9.17) is 0 Å². The molecule has 21 heavy (non-hydrogen) atoms. The summed E-state index contributed by atoms with van der Waals surface area (Å²) in [6.45, 7) is 6.60. The van der Waals surface area contributed by atoms with Crippen molar-refractivity contribution < 1.29 is 0 Å². The third kappa shape index (κ3) is 2.42. The number of fused-ring (bicyclic) bond motifs is 1. The molecular formula is C19H26N2. The fraction of sp³-hybridized carbons (Fsp3) is 0.474. The highest BCUT2D eigenvalue weighted by Gasteiger charge is 2.23. The average molecular weight is 282 g/mol. The lowest BCUT2D eigenvalue weighted by Gasteiger charge is -2.31. The molecule has 0 spiro atoms.